The molecule has 2 heterocycles. The zero-order chi connectivity index (χ0) is 19.0. The lowest BCUT2D eigenvalue weighted by Crippen LogP contribution is -2.45. The number of nitrogens with one attached hydrogen (secondary N) is 1. The van der Waals surface area contributed by atoms with E-state index >= 15 is 0 Å². The number of hydrogen-bond donors (Lipinski definition) is 1. The predicted molar refractivity (Wildman–Crippen MR) is 100 cm³/mol. The monoisotopic (exact) mass is 368 g/mol. The van der Waals surface area contributed by atoms with Gasteiger partial charge in [0.1, 0.15) is 11.8 Å². The number of carbonyl (C=O) groups is 3. The highest BCUT2D eigenvalue weighted by Crippen LogP contribution is 2.44. The van der Waals surface area contributed by atoms with E-state index in [1.807, 2.05) is 30.5 Å². The number of fused-ring (bicyclic) bond motifs is 1. The Morgan fingerprint density at radius 1 is 1.26 bits per heavy atom. The second-order valence-corrected chi connectivity index (χ2v) is 7.84. The lowest BCUT2D eigenvalue weighted by Gasteiger charge is -2.33. The number of carbonyl (C=O) groups excluding carboxylic acids is 3. The van der Waals surface area contributed by atoms with Gasteiger partial charge in [0, 0.05) is 49.3 Å². The standard InChI is InChI=1S/C21H24N2O4/c1-27-20(26)18(10-14-12-22-17-5-3-2-4-16(14)17)23-13-21(11-19(23)25)8-6-15(24)7-9-21/h2-5,12,18,22H,6-11,13H2,1H3/t18-/m0/s1. The topological polar surface area (TPSA) is 79.5 Å². The van der Waals surface area contributed by atoms with Crippen molar-refractivity contribution in [2.24, 2.45) is 5.41 Å². The third-order valence-corrected chi connectivity index (χ3v) is 6.16. The van der Waals surface area contributed by atoms with Gasteiger partial charge in [-0.2, -0.15) is 0 Å². The van der Waals surface area contributed by atoms with Crippen molar-refractivity contribution >= 4 is 28.6 Å². The molecule has 2 aromatic rings. The number of hydrogen-bond acceptors (Lipinski definition) is 4. The summed E-state index contributed by atoms with van der Waals surface area (Å²) < 4.78 is 5.03. The van der Waals surface area contributed by atoms with Crippen LogP contribution in [0.1, 0.15) is 37.7 Å². The van der Waals surface area contributed by atoms with Crippen LogP contribution in [0.3, 0.4) is 0 Å². The highest BCUT2D eigenvalue weighted by Gasteiger charge is 2.48. The van der Waals surface area contributed by atoms with Gasteiger partial charge in [-0.1, -0.05) is 18.2 Å². The van der Waals surface area contributed by atoms with E-state index in [9.17, 15) is 14.4 Å². The van der Waals surface area contributed by atoms with Crippen molar-refractivity contribution in [3.05, 3.63) is 36.0 Å². The van der Waals surface area contributed by atoms with Gasteiger partial charge in [0.25, 0.3) is 0 Å². The van der Waals surface area contributed by atoms with Crippen LogP contribution in [-0.2, 0) is 25.5 Å². The molecule has 27 heavy (non-hydrogen) atoms. The SMILES string of the molecule is COC(=O)[C@H](Cc1c[nH]c2ccccc12)N1CC2(CCC(=O)CC2)CC1=O. The molecule has 0 radical (unpaired) electrons. The molecule has 1 N–H and O–H groups in total. The molecule has 0 unspecified atom stereocenters. The van der Waals surface area contributed by atoms with Gasteiger partial charge in [-0.3, -0.25) is 9.59 Å². The molecule has 1 amide bonds. The first-order chi connectivity index (χ1) is 13.0. The van der Waals surface area contributed by atoms with Crippen LogP contribution in [0.5, 0.6) is 0 Å². The van der Waals surface area contributed by atoms with Crippen molar-refractivity contribution in [2.45, 2.75) is 44.6 Å². The molecule has 1 saturated carbocycles. The molecule has 1 aliphatic carbocycles. The van der Waals surface area contributed by atoms with Gasteiger partial charge in [-0.05, 0) is 29.9 Å². The number of nitrogens with zero attached hydrogens (tertiary/aromatic N) is 1. The Labute approximate surface area is 157 Å². The predicted octanol–water partition coefficient (Wildman–Crippen LogP) is 2.61. The van der Waals surface area contributed by atoms with Crippen molar-refractivity contribution in [2.75, 3.05) is 13.7 Å². The fourth-order valence-corrected chi connectivity index (χ4v) is 4.57. The Bertz CT molecular complexity index is 890. The lowest BCUT2D eigenvalue weighted by atomic mass is 9.73. The second-order valence-electron chi connectivity index (χ2n) is 7.84. The van der Waals surface area contributed by atoms with Gasteiger partial charge < -0.3 is 14.6 Å². The molecule has 1 aromatic carbocycles. The molecule has 1 spiro atoms. The third-order valence-electron chi connectivity index (χ3n) is 6.16. The molecule has 0 bridgehead atoms. The fraction of sp³-hybridized carbons (Fsp3) is 0.476. The van der Waals surface area contributed by atoms with Crippen molar-refractivity contribution in [3.8, 4) is 0 Å². The van der Waals surface area contributed by atoms with Crippen molar-refractivity contribution in [3.63, 3.8) is 0 Å². The van der Waals surface area contributed by atoms with Crippen LogP contribution in [0.25, 0.3) is 10.9 Å². The Balaban J connectivity index is 1.60. The number of aromatic nitrogens is 1. The Morgan fingerprint density at radius 3 is 2.74 bits per heavy atom. The number of para-hydroxylation sites is 1. The number of amides is 1. The molecule has 142 valence electrons. The molecule has 4 rings (SSSR count). The lowest BCUT2D eigenvalue weighted by molar-refractivity contribution is -0.151. The van der Waals surface area contributed by atoms with E-state index in [4.69, 9.17) is 4.74 Å². The first-order valence-corrected chi connectivity index (χ1v) is 9.45. The van der Waals surface area contributed by atoms with Crippen molar-refractivity contribution < 1.29 is 19.1 Å². The molecule has 1 aromatic heterocycles. The number of Topliss-reactive ketones (excluding diaryl/α,β-unsaturated/α-hetero) is 1. The number of esters is 1. The van der Waals surface area contributed by atoms with Crippen LogP contribution >= 0.6 is 0 Å². The number of benzene rings is 1. The summed E-state index contributed by atoms with van der Waals surface area (Å²) >= 11 is 0. The Morgan fingerprint density at radius 2 is 2.00 bits per heavy atom. The summed E-state index contributed by atoms with van der Waals surface area (Å²) in [6.07, 6.45) is 5.26. The van der Waals surface area contributed by atoms with Crippen LogP contribution < -0.4 is 0 Å². The summed E-state index contributed by atoms with van der Waals surface area (Å²) in [5.74, 6) is -0.132. The molecular weight excluding hydrogens is 344 g/mol. The van der Waals surface area contributed by atoms with E-state index in [1.165, 1.54) is 7.11 Å². The summed E-state index contributed by atoms with van der Waals surface area (Å²) in [7, 11) is 1.36. The van der Waals surface area contributed by atoms with E-state index in [0.717, 1.165) is 29.3 Å². The smallest absolute Gasteiger partial charge is 0.328 e. The summed E-state index contributed by atoms with van der Waals surface area (Å²) in [5, 5.41) is 1.05. The van der Waals surface area contributed by atoms with Gasteiger partial charge in [0.15, 0.2) is 0 Å². The van der Waals surface area contributed by atoms with Crippen LogP contribution in [0, 0.1) is 5.41 Å². The Kier molecular flexibility index (Phi) is 4.50. The van der Waals surface area contributed by atoms with E-state index in [-0.39, 0.29) is 17.1 Å². The van der Waals surface area contributed by atoms with Crippen molar-refractivity contribution in [1.29, 1.82) is 0 Å². The quantitative estimate of drug-likeness (QED) is 0.842. The van der Waals surface area contributed by atoms with Gasteiger partial charge >= 0.3 is 5.97 Å². The molecule has 1 atom stereocenters. The number of aromatic amines is 1. The molecule has 6 nitrogen and oxygen atoms in total. The largest absolute Gasteiger partial charge is 0.467 e. The molecule has 6 heteroatoms. The summed E-state index contributed by atoms with van der Waals surface area (Å²) in [6, 6.07) is 7.27. The van der Waals surface area contributed by atoms with E-state index in [1.54, 1.807) is 4.90 Å². The average Bonchev–Trinajstić information content (AvgIpc) is 3.23. The van der Waals surface area contributed by atoms with Crippen molar-refractivity contribution in [1.82, 2.24) is 9.88 Å². The maximum atomic E-state index is 12.8. The Hall–Kier alpha value is -2.63. The minimum Gasteiger partial charge on any atom is -0.467 e. The van der Waals surface area contributed by atoms with Crippen LogP contribution in [0.2, 0.25) is 0 Å². The normalized spacial score (nSPS) is 20.4. The molecule has 1 aliphatic heterocycles. The average molecular weight is 368 g/mol. The van der Waals surface area contributed by atoms with E-state index in [0.29, 0.717) is 32.2 Å². The highest BCUT2D eigenvalue weighted by molar-refractivity contribution is 5.89. The van der Waals surface area contributed by atoms with E-state index < -0.39 is 12.0 Å². The number of likely N-dealkylation sites (tertiary alicyclic amines) is 1. The fourth-order valence-electron chi connectivity index (χ4n) is 4.57. The van der Waals surface area contributed by atoms with Crippen LogP contribution in [0.4, 0.5) is 0 Å². The highest BCUT2D eigenvalue weighted by atomic mass is 16.5. The van der Waals surface area contributed by atoms with Crippen LogP contribution in [0.15, 0.2) is 30.5 Å². The number of methoxy groups -OCH3 is 1. The van der Waals surface area contributed by atoms with E-state index in [2.05, 4.69) is 4.98 Å². The maximum absolute atomic E-state index is 12.8. The van der Waals surface area contributed by atoms with Crippen LogP contribution in [-0.4, -0.2) is 47.2 Å². The number of ketones is 1. The molecule has 1 saturated heterocycles. The van der Waals surface area contributed by atoms with Gasteiger partial charge in [0.2, 0.25) is 5.91 Å². The first kappa shape index (κ1) is 17.8. The summed E-state index contributed by atoms with van der Waals surface area (Å²) in [6.45, 7) is 0.529. The minimum atomic E-state index is -0.640. The zero-order valence-corrected chi connectivity index (χ0v) is 15.5. The minimum absolute atomic E-state index is 0.0143. The maximum Gasteiger partial charge on any atom is 0.328 e. The van der Waals surface area contributed by atoms with Gasteiger partial charge in [-0.25, -0.2) is 4.79 Å². The molecule has 2 aliphatic rings. The molecule has 2 fully saturated rings. The summed E-state index contributed by atoms with van der Waals surface area (Å²) in [4.78, 5) is 41.9. The van der Waals surface area contributed by atoms with Gasteiger partial charge in [0.05, 0.1) is 7.11 Å². The first-order valence-electron chi connectivity index (χ1n) is 9.45. The number of ether oxygens (including phenoxy) is 1. The second kappa shape index (κ2) is 6.83. The third kappa shape index (κ3) is 3.24. The number of H-pyrrole nitrogens is 1. The van der Waals surface area contributed by atoms with Gasteiger partial charge in [-0.15, -0.1) is 0 Å². The molecular formula is C21H24N2O4. The zero-order valence-electron chi connectivity index (χ0n) is 15.5. The summed E-state index contributed by atoms with van der Waals surface area (Å²) in [5.41, 5.74) is 1.83. The number of rotatable bonds is 4.